The van der Waals surface area contributed by atoms with Gasteiger partial charge in [-0.2, -0.15) is 86.5 Å². The van der Waals surface area contributed by atoms with E-state index >= 15 is 0 Å². The van der Waals surface area contributed by atoms with E-state index < -0.39 is 0 Å². The van der Waals surface area contributed by atoms with Gasteiger partial charge < -0.3 is 104 Å². The summed E-state index contributed by atoms with van der Waals surface area (Å²) < 4.78 is 2.71. The van der Waals surface area contributed by atoms with E-state index in [4.69, 9.17) is 24.4 Å². The van der Waals surface area contributed by atoms with Crippen molar-refractivity contribution in [2.75, 3.05) is 0 Å². The molecule has 0 saturated carbocycles. The zero-order valence-electron chi connectivity index (χ0n) is 40.3. The van der Waals surface area contributed by atoms with Crippen LogP contribution < -0.4 is 0 Å². The fourth-order valence-corrected chi connectivity index (χ4v) is 6.09. The fraction of sp³-hybridized carbons (Fsp3) is 0.692. The molecular weight excluding hydrogens is 2550 g/mol. The average molecular weight is 2630 g/mol. The summed E-state index contributed by atoms with van der Waals surface area (Å²) in [6.45, 7) is 37.8. The first-order chi connectivity index (χ1) is 21.1. The van der Waals surface area contributed by atoms with Gasteiger partial charge in [-0.3, -0.25) is 22.0 Å². The van der Waals surface area contributed by atoms with Gasteiger partial charge in [0.05, 0.1) is 0 Å². The van der Waals surface area contributed by atoms with E-state index in [0.717, 1.165) is 34.1 Å². The van der Waals surface area contributed by atoms with Crippen molar-refractivity contribution in [3.05, 3.63) is 60.0 Å². The van der Waals surface area contributed by atoms with Crippen molar-refractivity contribution in [3.63, 3.8) is 0 Å². The molecule has 0 nitrogen and oxygen atoms in total. The largest absolute Gasteiger partial charge is 0.372 e. The van der Waals surface area contributed by atoms with E-state index in [9.17, 15) is 0 Å². The van der Waals surface area contributed by atoms with Crippen LogP contribution in [0.5, 0.6) is 0 Å². The van der Waals surface area contributed by atoms with Gasteiger partial charge in [0.2, 0.25) is 0 Å². The van der Waals surface area contributed by atoms with Gasteiger partial charge in [0.15, 0.2) is 0 Å². The molecule has 0 aliphatic rings. The molecule has 0 aromatic carbocycles. The normalized spacial score (nSPS) is 8.02. The summed E-state index contributed by atoms with van der Waals surface area (Å²) in [5, 5.41) is 2.94. The predicted molar refractivity (Wildman–Crippen MR) is 236 cm³/mol. The van der Waals surface area contributed by atoms with Gasteiger partial charge >= 0.3 is 0 Å². The minimum absolute atomic E-state index is 0. The molecule has 0 saturated heterocycles. The van der Waals surface area contributed by atoms with E-state index in [-0.39, 0.29) is 412 Å². The Hall–Kier alpha value is 15.3. The number of thiocarbonyl (C=S) groups is 2. The monoisotopic (exact) mass is 2630 g/mol. The number of rotatable bonds is 18. The molecule has 1 atom stereocenters. The molecule has 0 bridgehead atoms. The molecule has 0 aliphatic heterocycles. The van der Waals surface area contributed by atoms with Crippen LogP contribution in [-0.2, 0) is 256 Å². The molecule has 0 aromatic heterocycles. The summed E-state index contributed by atoms with van der Waals surface area (Å²) in [7, 11) is 0. The third kappa shape index (κ3) is 179. The molecule has 0 amide bonds. The van der Waals surface area contributed by atoms with Crippen molar-refractivity contribution in [2.45, 2.75) is 180 Å². The van der Waals surface area contributed by atoms with Gasteiger partial charge in [0.1, 0.15) is 0 Å². The van der Waals surface area contributed by atoms with Gasteiger partial charge in [-0.1, -0.05) is 72.9 Å². The number of hydrogen-bond donors (Lipinski definition) is 0. The van der Waals surface area contributed by atoms with Gasteiger partial charge in [0.25, 0.3) is 0 Å². The predicted octanol–water partition coefficient (Wildman–Crippen LogP) is 17.0. The number of thioether (sulfide) groups is 4. The summed E-state index contributed by atoms with van der Waals surface area (Å²) in [5.41, 5.74) is 0. The molecule has 0 aromatic rings. The maximum atomic E-state index is 4.88. The maximum Gasteiger partial charge on any atom is 0.0133 e. The van der Waals surface area contributed by atoms with Gasteiger partial charge in [-0.05, 0) is 25.4 Å². The topological polar surface area (TPSA) is 0 Å². The molecule has 10 radical (unpaired) electrons. The van der Waals surface area contributed by atoms with Crippen molar-refractivity contribution < 1.29 is 412 Å². The van der Waals surface area contributed by atoms with Crippen LogP contribution in [0.4, 0.5) is 0 Å². The summed E-state index contributed by atoms with van der Waals surface area (Å²) in [6.07, 6.45) is 18.1. The van der Waals surface area contributed by atoms with Crippen molar-refractivity contribution in [3.8, 4) is 0 Å². The molecule has 0 heterocycles. The van der Waals surface area contributed by atoms with Gasteiger partial charge in [0, 0.05) is 420 Å². The SMILES string of the molecule is CC[C-](C)SC(C)=S.CC[CH-]C[C-](C)C.CC[CH-]SC(C)=S.CC[CH-]SC(C)S[C-](C)CC.C[CH-]C[C-](C)CC.[CH2-]C[CH-]CC.[U].[U].[U].[U].[U].[V].[V].[V].[V].[V].[Y].[Y].[Y].[Y].[Y]. The fourth-order valence-electron chi connectivity index (χ4n) is 2.27. The minimum atomic E-state index is 0. The molecular formula is C39H76S6U5V5Y5-10. The first-order valence-electron chi connectivity index (χ1n) is 16.9. The van der Waals surface area contributed by atoms with Crippen LogP contribution in [0.15, 0.2) is 0 Å². The Morgan fingerprint density at radius 2 is 0.967 bits per heavy atom. The molecule has 0 fully saturated rings. The molecule has 338 valence electrons. The first kappa shape index (κ1) is 141. The van der Waals surface area contributed by atoms with Crippen LogP contribution in [0.1, 0.15) is 175 Å². The molecule has 1 unspecified atom stereocenters. The van der Waals surface area contributed by atoms with E-state index in [1.165, 1.54) is 54.9 Å². The second kappa shape index (κ2) is 131. The molecule has 0 rings (SSSR count). The van der Waals surface area contributed by atoms with Crippen molar-refractivity contribution in [1.29, 1.82) is 0 Å². The Labute approximate surface area is 713 Å². The second-order valence-electron chi connectivity index (χ2n) is 10.3. The Balaban J connectivity index is -0.0000000154. The van der Waals surface area contributed by atoms with Crippen LogP contribution in [0.25, 0.3) is 0 Å². The molecule has 21 heteroatoms. The van der Waals surface area contributed by atoms with E-state index in [2.05, 4.69) is 135 Å². The quantitative estimate of drug-likeness (QED) is 0.0757. The summed E-state index contributed by atoms with van der Waals surface area (Å²) in [6, 6.07) is 0. The zero-order valence-corrected chi connectivity index (χ0v) is 87.2. The number of hydrogen-bond acceptors (Lipinski definition) is 6. The standard InChI is InChI=1S/C9H18S2.2C7H14.C6H11S2.C5H9S2.C5H10.5U.5V.5Y/c1-5-7-10-9(4)11-8(3)6-2;1-4-5-6-7(2)3;1-4-6-7(3)5-2;1-4-5(2)8-6(3)7;1-3-4-7-5(2)6;1-3-5-4-2;;;;;;;;;;;;;;;/h7,9H,5-6H2,1-4H3;5H,4,6H2,1-3H3;4H,5-6H2,1-3H3;4H2,1-3H3;4H,3H2,1-2H3;5H,1,3-4H2,2H3;;;;;;;;;;;;;;;/q3*-2;2*-1;-2;;;;;;;;;;;;;;;. The second-order valence-corrected chi connectivity index (χ2v) is 18.0. The van der Waals surface area contributed by atoms with E-state index in [0.29, 0.717) is 4.58 Å². The van der Waals surface area contributed by atoms with Crippen LogP contribution >= 0.6 is 71.5 Å². The van der Waals surface area contributed by atoms with Crippen molar-refractivity contribution in [2.24, 2.45) is 0 Å². The Kier molecular flexibility index (Phi) is 307. The summed E-state index contributed by atoms with van der Waals surface area (Å²) >= 11 is 16.9. The first-order valence-corrected chi connectivity index (χ1v) is 21.2. The van der Waals surface area contributed by atoms with Crippen LogP contribution in [0, 0.1) is 216 Å². The third-order valence-electron chi connectivity index (χ3n) is 5.04. The zero-order chi connectivity index (χ0) is 36.5. The van der Waals surface area contributed by atoms with Gasteiger partial charge in [-0.25, -0.2) is 0 Å². The Bertz CT molecular complexity index is 594. The summed E-state index contributed by atoms with van der Waals surface area (Å²) in [4.78, 5) is 0. The minimum Gasteiger partial charge on any atom is -0.372 e. The van der Waals surface area contributed by atoms with Gasteiger partial charge in [-0.15, -0.1) is 0 Å². The van der Waals surface area contributed by atoms with Crippen LogP contribution in [0.2, 0.25) is 0 Å². The van der Waals surface area contributed by atoms with E-state index in [1.54, 1.807) is 29.4 Å². The number of unbranched alkanes of at least 4 members (excludes halogenated alkanes) is 3. The molecule has 0 N–H and O–H groups in total. The molecule has 0 aliphatic carbocycles. The van der Waals surface area contributed by atoms with E-state index in [1.807, 2.05) is 37.4 Å². The van der Waals surface area contributed by atoms with Crippen LogP contribution in [0.3, 0.4) is 0 Å². The van der Waals surface area contributed by atoms with Crippen molar-refractivity contribution >= 4 is 79.9 Å². The summed E-state index contributed by atoms with van der Waals surface area (Å²) in [5.74, 6) is 7.45. The average Bonchev–Trinajstić information content (AvgIpc) is 2.99. The third-order valence-corrected chi connectivity index (χ3v) is 9.89. The Morgan fingerprint density at radius 3 is 1.12 bits per heavy atom. The maximum absolute atomic E-state index is 4.88. The molecule has 60 heavy (non-hydrogen) atoms. The Morgan fingerprint density at radius 1 is 0.583 bits per heavy atom. The molecule has 0 spiro atoms. The van der Waals surface area contributed by atoms with Crippen LogP contribution in [-0.4, -0.2) is 13.0 Å². The smallest absolute Gasteiger partial charge is 0.0133 e. The van der Waals surface area contributed by atoms with Crippen molar-refractivity contribution in [1.82, 2.24) is 0 Å².